The number of fused-ring (bicyclic) bond motifs is 2. The van der Waals surface area contributed by atoms with Crippen LogP contribution in [-0.4, -0.2) is 15.0 Å². The van der Waals surface area contributed by atoms with Crippen molar-refractivity contribution in [1.82, 2.24) is 15.0 Å². The van der Waals surface area contributed by atoms with Gasteiger partial charge >= 0.3 is 0 Å². The Morgan fingerprint density at radius 2 is 1.77 bits per heavy atom. The van der Waals surface area contributed by atoms with Crippen LogP contribution in [0, 0.1) is 0 Å². The average Bonchev–Trinajstić information content (AvgIpc) is 3.16. The van der Waals surface area contributed by atoms with Crippen LogP contribution in [0.25, 0.3) is 22.3 Å². The molecule has 0 radical (unpaired) electrons. The maximum Gasteiger partial charge on any atom is 0.230 e. The molecule has 0 bridgehead atoms. The molecule has 5 rings (SSSR count). The lowest BCUT2D eigenvalue weighted by atomic mass is 10.1. The van der Waals surface area contributed by atoms with E-state index in [1.54, 1.807) is 12.4 Å². The standard InChI is InChI=1S/C22H17N3O/c1-2-9-20-19(8-1)22(25-21(24-20)17-7-4-12-23-14-17)26-18-11-10-15-5-3-6-16(15)13-18/h1-2,4,7-14H,3,5-6H2. The molecule has 0 aliphatic heterocycles. The highest BCUT2D eigenvalue weighted by Gasteiger charge is 2.14. The van der Waals surface area contributed by atoms with Crippen molar-refractivity contribution < 1.29 is 4.74 Å². The van der Waals surface area contributed by atoms with Crippen molar-refractivity contribution in [1.29, 1.82) is 0 Å². The van der Waals surface area contributed by atoms with Crippen LogP contribution in [0.1, 0.15) is 17.5 Å². The van der Waals surface area contributed by atoms with E-state index in [1.807, 2.05) is 42.5 Å². The predicted molar refractivity (Wildman–Crippen MR) is 101 cm³/mol. The summed E-state index contributed by atoms with van der Waals surface area (Å²) >= 11 is 0. The summed E-state index contributed by atoms with van der Waals surface area (Å²) in [6.07, 6.45) is 7.02. The summed E-state index contributed by atoms with van der Waals surface area (Å²) in [5.41, 5.74) is 4.55. The lowest BCUT2D eigenvalue weighted by molar-refractivity contribution is 0.468. The molecule has 0 spiro atoms. The van der Waals surface area contributed by atoms with Crippen molar-refractivity contribution in [3.8, 4) is 23.0 Å². The summed E-state index contributed by atoms with van der Waals surface area (Å²) in [4.78, 5) is 13.5. The van der Waals surface area contributed by atoms with Gasteiger partial charge in [0.05, 0.1) is 10.9 Å². The Labute approximate surface area is 151 Å². The van der Waals surface area contributed by atoms with Gasteiger partial charge in [0.15, 0.2) is 5.82 Å². The van der Waals surface area contributed by atoms with Gasteiger partial charge in [-0.2, -0.15) is 4.98 Å². The Kier molecular flexibility index (Phi) is 3.60. The zero-order valence-electron chi connectivity index (χ0n) is 14.2. The molecule has 0 amide bonds. The molecular formula is C22H17N3O. The second kappa shape index (κ2) is 6.23. The molecule has 2 heterocycles. The number of ether oxygens (including phenoxy) is 1. The molecule has 4 nitrogen and oxygen atoms in total. The van der Waals surface area contributed by atoms with Gasteiger partial charge in [0.1, 0.15) is 5.75 Å². The van der Waals surface area contributed by atoms with Crippen molar-refractivity contribution in [3.63, 3.8) is 0 Å². The van der Waals surface area contributed by atoms with Gasteiger partial charge in [0, 0.05) is 18.0 Å². The first kappa shape index (κ1) is 15.0. The van der Waals surface area contributed by atoms with Crippen LogP contribution in [0.3, 0.4) is 0 Å². The highest BCUT2D eigenvalue weighted by molar-refractivity contribution is 5.85. The SMILES string of the molecule is c1cncc(-c2nc(Oc3ccc4c(c3)CCC4)c3ccccc3n2)c1. The Hall–Kier alpha value is -3.27. The molecule has 4 aromatic rings. The van der Waals surface area contributed by atoms with E-state index < -0.39 is 0 Å². The minimum Gasteiger partial charge on any atom is -0.438 e. The zero-order valence-corrected chi connectivity index (χ0v) is 14.2. The van der Waals surface area contributed by atoms with E-state index in [0.29, 0.717) is 11.7 Å². The molecule has 26 heavy (non-hydrogen) atoms. The molecule has 0 saturated heterocycles. The van der Waals surface area contributed by atoms with E-state index >= 15 is 0 Å². The molecule has 2 aromatic carbocycles. The first-order valence-corrected chi connectivity index (χ1v) is 8.84. The second-order valence-electron chi connectivity index (χ2n) is 6.50. The first-order chi connectivity index (χ1) is 12.9. The second-order valence-corrected chi connectivity index (χ2v) is 6.50. The van der Waals surface area contributed by atoms with Gasteiger partial charge in [-0.25, -0.2) is 4.98 Å². The van der Waals surface area contributed by atoms with E-state index in [0.717, 1.165) is 35.1 Å². The quantitative estimate of drug-likeness (QED) is 0.528. The predicted octanol–water partition coefficient (Wildman–Crippen LogP) is 4.97. The summed E-state index contributed by atoms with van der Waals surface area (Å²) in [5.74, 6) is 2.02. The van der Waals surface area contributed by atoms with Gasteiger partial charge in [0.25, 0.3) is 0 Å². The third-order valence-corrected chi connectivity index (χ3v) is 4.77. The average molecular weight is 339 g/mol. The summed E-state index contributed by atoms with van der Waals surface area (Å²) in [7, 11) is 0. The van der Waals surface area contributed by atoms with Crippen LogP contribution in [0.15, 0.2) is 67.0 Å². The summed E-state index contributed by atoms with van der Waals surface area (Å²) in [5, 5.41) is 0.903. The first-order valence-electron chi connectivity index (χ1n) is 8.84. The molecular weight excluding hydrogens is 322 g/mol. The molecule has 126 valence electrons. The van der Waals surface area contributed by atoms with Crippen LogP contribution in [0.2, 0.25) is 0 Å². The maximum absolute atomic E-state index is 6.21. The Balaban J connectivity index is 1.62. The minimum atomic E-state index is 0.576. The number of benzene rings is 2. The van der Waals surface area contributed by atoms with E-state index in [9.17, 15) is 0 Å². The van der Waals surface area contributed by atoms with Gasteiger partial charge in [-0.15, -0.1) is 0 Å². The summed E-state index contributed by atoms with van der Waals surface area (Å²) in [6.45, 7) is 0. The molecule has 0 fully saturated rings. The maximum atomic E-state index is 6.21. The zero-order chi connectivity index (χ0) is 17.3. The Morgan fingerprint density at radius 1 is 0.846 bits per heavy atom. The fourth-order valence-electron chi connectivity index (χ4n) is 3.47. The molecule has 1 aliphatic rings. The lowest BCUT2D eigenvalue weighted by Gasteiger charge is -2.11. The van der Waals surface area contributed by atoms with E-state index in [4.69, 9.17) is 4.74 Å². The number of rotatable bonds is 3. The van der Waals surface area contributed by atoms with Gasteiger partial charge in [-0.1, -0.05) is 18.2 Å². The molecule has 0 atom stereocenters. The number of aryl methyl sites for hydroxylation is 2. The molecule has 0 unspecified atom stereocenters. The van der Waals surface area contributed by atoms with Gasteiger partial charge in [-0.3, -0.25) is 4.98 Å². The number of hydrogen-bond acceptors (Lipinski definition) is 4. The number of aromatic nitrogens is 3. The lowest BCUT2D eigenvalue weighted by Crippen LogP contribution is -1.96. The van der Waals surface area contributed by atoms with Crippen molar-refractivity contribution >= 4 is 10.9 Å². The number of nitrogens with zero attached hydrogens (tertiary/aromatic N) is 3. The van der Waals surface area contributed by atoms with Crippen molar-refractivity contribution in [2.75, 3.05) is 0 Å². The van der Waals surface area contributed by atoms with Crippen LogP contribution >= 0.6 is 0 Å². The normalized spacial score (nSPS) is 12.9. The molecule has 0 N–H and O–H groups in total. The van der Waals surface area contributed by atoms with E-state index in [2.05, 4.69) is 27.1 Å². The van der Waals surface area contributed by atoms with Gasteiger partial charge < -0.3 is 4.74 Å². The Bertz CT molecular complexity index is 1090. The molecule has 2 aromatic heterocycles. The molecule has 4 heteroatoms. The van der Waals surface area contributed by atoms with Crippen LogP contribution < -0.4 is 4.74 Å². The van der Waals surface area contributed by atoms with Crippen molar-refractivity contribution in [2.24, 2.45) is 0 Å². The van der Waals surface area contributed by atoms with Gasteiger partial charge in [0.2, 0.25) is 5.88 Å². The third kappa shape index (κ3) is 2.69. The van der Waals surface area contributed by atoms with E-state index in [1.165, 1.54) is 17.5 Å². The van der Waals surface area contributed by atoms with E-state index in [-0.39, 0.29) is 0 Å². The molecule has 1 aliphatic carbocycles. The monoisotopic (exact) mass is 339 g/mol. The van der Waals surface area contributed by atoms with Crippen molar-refractivity contribution in [2.45, 2.75) is 19.3 Å². The topological polar surface area (TPSA) is 47.9 Å². The largest absolute Gasteiger partial charge is 0.438 e. The number of para-hydroxylation sites is 1. The third-order valence-electron chi connectivity index (χ3n) is 4.77. The summed E-state index contributed by atoms with van der Waals surface area (Å²) < 4.78 is 6.21. The fraction of sp³-hybridized carbons (Fsp3) is 0.136. The number of hydrogen-bond donors (Lipinski definition) is 0. The highest BCUT2D eigenvalue weighted by atomic mass is 16.5. The molecule has 0 saturated carbocycles. The smallest absolute Gasteiger partial charge is 0.230 e. The summed E-state index contributed by atoms with van der Waals surface area (Å²) in [6, 6.07) is 18.1. The van der Waals surface area contributed by atoms with Gasteiger partial charge in [-0.05, 0) is 66.8 Å². The van der Waals surface area contributed by atoms with Crippen LogP contribution in [0.5, 0.6) is 11.6 Å². The van der Waals surface area contributed by atoms with Crippen LogP contribution in [0.4, 0.5) is 0 Å². The fourth-order valence-corrected chi connectivity index (χ4v) is 3.47. The highest BCUT2D eigenvalue weighted by Crippen LogP contribution is 2.32. The minimum absolute atomic E-state index is 0.576. The number of pyridine rings is 1. The van der Waals surface area contributed by atoms with Crippen LogP contribution in [-0.2, 0) is 12.8 Å². The Morgan fingerprint density at radius 3 is 2.69 bits per heavy atom. The van der Waals surface area contributed by atoms with Crippen molar-refractivity contribution in [3.05, 3.63) is 78.1 Å².